The summed E-state index contributed by atoms with van der Waals surface area (Å²) in [6.45, 7) is 0.789. The summed E-state index contributed by atoms with van der Waals surface area (Å²) in [7, 11) is 0. The second-order valence-corrected chi connectivity index (χ2v) is 6.29. The summed E-state index contributed by atoms with van der Waals surface area (Å²) in [5, 5.41) is 0. The fourth-order valence-corrected chi connectivity index (χ4v) is 3.89. The van der Waals surface area contributed by atoms with Gasteiger partial charge in [0.2, 0.25) is 0 Å². The molecule has 21 heavy (non-hydrogen) atoms. The van der Waals surface area contributed by atoms with Crippen LogP contribution in [0.15, 0.2) is 48.5 Å². The van der Waals surface area contributed by atoms with E-state index in [9.17, 15) is 0 Å². The standard InChI is InChI=1S/C19H21NO/c20-18(16-9-4-6-14-10-13-21-17(14)16)19(11-5-12-19)15-7-2-1-3-8-15/h1-4,6-9,18H,5,10-13,20H2. The Balaban J connectivity index is 1.77. The third-order valence-electron chi connectivity index (χ3n) is 5.27. The zero-order valence-corrected chi connectivity index (χ0v) is 12.2. The summed E-state index contributed by atoms with van der Waals surface area (Å²) in [6, 6.07) is 17.2. The van der Waals surface area contributed by atoms with Crippen LogP contribution in [0.5, 0.6) is 5.75 Å². The molecule has 1 heterocycles. The molecule has 1 aliphatic heterocycles. The first kappa shape index (κ1) is 12.9. The summed E-state index contributed by atoms with van der Waals surface area (Å²) in [5.74, 6) is 1.05. The predicted octanol–water partition coefficient (Wildman–Crippen LogP) is 3.74. The van der Waals surface area contributed by atoms with Crippen LogP contribution in [0.3, 0.4) is 0 Å². The van der Waals surface area contributed by atoms with Crippen LogP contribution in [0.2, 0.25) is 0 Å². The van der Waals surface area contributed by atoms with Crippen molar-refractivity contribution in [2.75, 3.05) is 6.61 Å². The van der Waals surface area contributed by atoms with Crippen molar-refractivity contribution in [2.45, 2.75) is 37.1 Å². The maximum absolute atomic E-state index is 6.76. The molecule has 1 fully saturated rings. The van der Waals surface area contributed by atoms with E-state index in [0.717, 1.165) is 18.8 Å². The third-order valence-corrected chi connectivity index (χ3v) is 5.27. The molecule has 2 heteroatoms. The van der Waals surface area contributed by atoms with Crippen molar-refractivity contribution in [3.63, 3.8) is 0 Å². The highest BCUT2D eigenvalue weighted by molar-refractivity contribution is 5.48. The molecule has 0 aromatic heterocycles. The zero-order chi connectivity index (χ0) is 14.3. The molecule has 0 amide bonds. The molecule has 2 aromatic carbocycles. The average Bonchev–Trinajstić information content (AvgIpc) is 2.95. The van der Waals surface area contributed by atoms with Gasteiger partial charge in [0.05, 0.1) is 6.61 Å². The van der Waals surface area contributed by atoms with E-state index in [2.05, 4.69) is 48.5 Å². The van der Waals surface area contributed by atoms with Crippen molar-refractivity contribution in [1.29, 1.82) is 0 Å². The van der Waals surface area contributed by atoms with Gasteiger partial charge in [-0.3, -0.25) is 0 Å². The smallest absolute Gasteiger partial charge is 0.127 e. The van der Waals surface area contributed by atoms with Gasteiger partial charge >= 0.3 is 0 Å². The molecule has 2 aliphatic rings. The van der Waals surface area contributed by atoms with Crippen LogP contribution >= 0.6 is 0 Å². The lowest BCUT2D eigenvalue weighted by Crippen LogP contribution is -2.44. The number of hydrogen-bond acceptors (Lipinski definition) is 2. The van der Waals surface area contributed by atoms with Gasteiger partial charge in [0, 0.05) is 23.4 Å². The maximum atomic E-state index is 6.76. The highest BCUT2D eigenvalue weighted by atomic mass is 16.5. The highest BCUT2D eigenvalue weighted by Crippen LogP contribution is 2.53. The van der Waals surface area contributed by atoms with Gasteiger partial charge in [-0.2, -0.15) is 0 Å². The van der Waals surface area contributed by atoms with E-state index in [1.165, 1.54) is 36.0 Å². The van der Waals surface area contributed by atoms with Gasteiger partial charge in [-0.05, 0) is 24.0 Å². The second kappa shape index (κ2) is 4.88. The van der Waals surface area contributed by atoms with Crippen molar-refractivity contribution in [1.82, 2.24) is 0 Å². The molecule has 108 valence electrons. The molecule has 1 unspecified atom stereocenters. The number of ether oxygens (including phenoxy) is 1. The zero-order valence-electron chi connectivity index (χ0n) is 12.2. The molecule has 0 saturated heterocycles. The quantitative estimate of drug-likeness (QED) is 0.929. The van der Waals surface area contributed by atoms with E-state index in [1.54, 1.807) is 0 Å². The van der Waals surface area contributed by atoms with Gasteiger partial charge in [-0.25, -0.2) is 0 Å². The summed E-state index contributed by atoms with van der Waals surface area (Å²) < 4.78 is 5.87. The SMILES string of the molecule is NC(c1cccc2c1OCC2)C1(c2ccccc2)CCC1. The van der Waals surface area contributed by atoms with Gasteiger partial charge in [-0.15, -0.1) is 0 Å². The molecule has 4 rings (SSSR count). The maximum Gasteiger partial charge on any atom is 0.127 e. The number of benzene rings is 2. The lowest BCUT2D eigenvalue weighted by molar-refractivity contribution is 0.193. The normalized spacial score (nSPS) is 20.2. The van der Waals surface area contributed by atoms with E-state index < -0.39 is 0 Å². The number of fused-ring (bicyclic) bond motifs is 1. The molecule has 1 aliphatic carbocycles. The Morgan fingerprint density at radius 3 is 2.52 bits per heavy atom. The van der Waals surface area contributed by atoms with Crippen molar-refractivity contribution in [3.8, 4) is 5.75 Å². The van der Waals surface area contributed by atoms with Crippen molar-refractivity contribution in [3.05, 3.63) is 65.2 Å². The van der Waals surface area contributed by atoms with E-state index >= 15 is 0 Å². The summed E-state index contributed by atoms with van der Waals surface area (Å²) in [4.78, 5) is 0. The van der Waals surface area contributed by atoms with E-state index in [4.69, 9.17) is 10.5 Å². The summed E-state index contributed by atoms with van der Waals surface area (Å²) in [6.07, 6.45) is 4.61. The second-order valence-electron chi connectivity index (χ2n) is 6.29. The topological polar surface area (TPSA) is 35.2 Å². The van der Waals surface area contributed by atoms with Gasteiger partial charge in [0.1, 0.15) is 5.75 Å². The molecular weight excluding hydrogens is 258 g/mol. The van der Waals surface area contributed by atoms with Gasteiger partial charge in [0.15, 0.2) is 0 Å². The van der Waals surface area contributed by atoms with Crippen LogP contribution in [0.1, 0.15) is 42.0 Å². The molecular formula is C19H21NO. The molecule has 2 nitrogen and oxygen atoms in total. The number of rotatable bonds is 3. The predicted molar refractivity (Wildman–Crippen MR) is 84.5 cm³/mol. The molecule has 1 atom stereocenters. The van der Waals surface area contributed by atoms with Crippen LogP contribution in [-0.2, 0) is 11.8 Å². The third kappa shape index (κ3) is 1.90. The Kier molecular flexibility index (Phi) is 3.00. The van der Waals surface area contributed by atoms with E-state index in [0.29, 0.717) is 0 Å². The van der Waals surface area contributed by atoms with E-state index in [-0.39, 0.29) is 11.5 Å². The monoisotopic (exact) mass is 279 g/mol. The van der Waals surface area contributed by atoms with E-state index in [1.807, 2.05) is 0 Å². The van der Waals surface area contributed by atoms with Crippen LogP contribution in [-0.4, -0.2) is 6.61 Å². The fraction of sp³-hybridized carbons (Fsp3) is 0.368. The van der Waals surface area contributed by atoms with Crippen LogP contribution in [0.25, 0.3) is 0 Å². The number of nitrogens with two attached hydrogens (primary N) is 1. The Morgan fingerprint density at radius 1 is 1.00 bits per heavy atom. The fourth-order valence-electron chi connectivity index (χ4n) is 3.89. The van der Waals surface area contributed by atoms with Gasteiger partial charge < -0.3 is 10.5 Å². The minimum atomic E-state index is 0.0155. The molecule has 2 N–H and O–H groups in total. The Morgan fingerprint density at radius 2 is 1.81 bits per heavy atom. The van der Waals surface area contributed by atoms with Gasteiger partial charge in [0.25, 0.3) is 0 Å². The first-order chi connectivity index (χ1) is 10.3. The van der Waals surface area contributed by atoms with Crippen molar-refractivity contribution in [2.24, 2.45) is 5.73 Å². The minimum Gasteiger partial charge on any atom is -0.493 e. The molecule has 0 radical (unpaired) electrons. The minimum absolute atomic E-state index is 0.0155. The molecule has 0 bridgehead atoms. The molecule has 2 aromatic rings. The molecule has 1 saturated carbocycles. The summed E-state index contributed by atoms with van der Waals surface area (Å²) in [5.41, 5.74) is 10.7. The Hall–Kier alpha value is -1.80. The van der Waals surface area contributed by atoms with Crippen LogP contribution < -0.4 is 10.5 Å². The number of hydrogen-bond donors (Lipinski definition) is 1. The van der Waals surface area contributed by atoms with Crippen molar-refractivity contribution >= 4 is 0 Å². The van der Waals surface area contributed by atoms with Gasteiger partial charge in [-0.1, -0.05) is 55.0 Å². The number of para-hydroxylation sites is 1. The van der Waals surface area contributed by atoms with Crippen molar-refractivity contribution < 1.29 is 4.74 Å². The first-order valence-electron chi connectivity index (χ1n) is 7.87. The lowest BCUT2D eigenvalue weighted by atomic mass is 9.59. The average molecular weight is 279 g/mol. The summed E-state index contributed by atoms with van der Waals surface area (Å²) >= 11 is 0. The van der Waals surface area contributed by atoms with Crippen LogP contribution in [0, 0.1) is 0 Å². The highest BCUT2D eigenvalue weighted by Gasteiger charge is 2.45. The van der Waals surface area contributed by atoms with Crippen LogP contribution in [0.4, 0.5) is 0 Å². The largest absolute Gasteiger partial charge is 0.493 e. The Labute approximate surface area is 125 Å². The Bertz CT molecular complexity index is 646. The lowest BCUT2D eigenvalue weighted by Gasteiger charge is -2.47. The first-order valence-corrected chi connectivity index (χ1v) is 7.87. The molecule has 0 spiro atoms.